The molecule has 1 aromatic carbocycles. The summed E-state index contributed by atoms with van der Waals surface area (Å²) in [6.07, 6.45) is 3.25. The average molecular weight is 239 g/mol. The highest BCUT2D eigenvalue weighted by Gasteiger charge is 2.25. The zero-order valence-electron chi connectivity index (χ0n) is 9.42. The number of rotatable bonds is 1. The van der Waals surface area contributed by atoms with Crippen LogP contribution in [0.15, 0.2) is 51.8 Å². The van der Waals surface area contributed by atoms with E-state index in [-0.39, 0.29) is 0 Å². The van der Waals surface area contributed by atoms with Crippen LogP contribution in [-0.4, -0.2) is 5.16 Å². The van der Waals surface area contributed by atoms with Crippen LogP contribution in [-0.2, 0) is 6.61 Å². The van der Waals surface area contributed by atoms with Gasteiger partial charge in [0.15, 0.2) is 5.76 Å². The topological polar surface area (TPSA) is 48.4 Å². The number of aromatic nitrogens is 1. The molecule has 0 amide bonds. The molecule has 0 saturated carbocycles. The molecule has 0 spiro atoms. The van der Waals surface area contributed by atoms with Crippen molar-refractivity contribution in [2.45, 2.75) is 6.61 Å². The first-order valence-electron chi connectivity index (χ1n) is 5.67. The van der Waals surface area contributed by atoms with Crippen molar-refractivity contribution in [1.82, 2.24) is 5.16 Å². The molecular formula is C14H9NO3. The van der Waals surface area contributed by atoms with E-state index in [0.717, 1.165) is 28.1 Å². The SMILES string of the molecule is c1ccc2c(c1)OCc1c-2noc1-c1ccoc1. The van der Waals surface area contributed by atoms with Crippen molar-refractivity contribution in [2.75, 3.05) is 0 Å². The van der Waals surface area contributed by atoms with E-state index in [9.17, 15) is 0 Å². The molecule has 4 heteroatoms. The lowest BCUT2D eigenvalue weighted by Crippen LogP contribution is -2.04. The molecule has 1 aliphatic rings. The van der Waals surface area contributed by atoms with Crippen molar-refractivity contribution in [3.05, 3.63) is 48.4 Å². The van der Waals surface area contributed by atoms with E-state index in [1.807, 2.05) is 30.3 Å². The predicted molar refractivity (Wildman–Crippen MR) is 64.0 cm³/mol. The fraction of sp³-hybridized carbons (Fsp3) is 0.0714. The molecule has 1 aliphatic heterocycles. The zero-order valence-corrected chi connectivity index (χ0v) is 9.42. The number of hydrogen-bond acceptors (Lipinski definition) is 4. The maximum Gasteiger partial charge on any atom is 0.177 e. The first-order valence-corrected chi connectivity index (χ1v) is 5.67. The van der Waals surface area contributed by atoms with Crippen molar-refractivity contribution in [2.24, 2.45) is 0 Å². The molecule has 0 saturated heterocycles. The van der Waals surface area contributed by atoms with Gasteiger partial charge in [0.2, 0.25) is 0 Å². The first-order chi connectivity index (χ1) is 8.93. The Morgan fingerprint density at radius 2 is 2.06 bits per heavy atom. The van der Waals surface area contributed by atoms with Crippen LogP contribution < -0.4 is 4.74 Å². The summed E-state index contributed by atoms with van der Waals surface area (Å²) in [5.74, 6) is 1.56. The summed E-state index contributed by atoms with van der Waals surface area (Å²) in [6.45, 7) is 0.469. The van der Waals surface area contributed by atoms with E-state index in [1.54, 1.807) is 12.5 Å². The number of para-hydroxylation sites is 1. The second-order valence-electron chi connectivity index (χ2n) is 4.14. The zero-order chi connectivity index (χ0) is 11.9. The Bertz CT molecular complexity index is 698. The van der Waals surface area contributed by atoms with Gasteiger partial charge in [0.25, 0.3) is 0 Å². The molecule has 0 bridgehead atoms. The van der Waals surface area contributed by atoms with Crippen molar-refractivity contribution >= 4 is 0 Å². The van der Waals surface area contributed by atoms with Crippen molar-refractivity contribution < 1.29 is 13.7 Å². The molecule has 0 atom stereocenters. The lowest BCUT2D eigenvalue weighted by molar-refractivity contribution is 0.302. The number of ether oxygens (including phenoxy) is 1. The second-order valence-corrected chi connectivity index (χ2v) is 4.14. The third-order valence-electron chi connectivity index (χ3n) is 3.09. The van der Waals surface area contributed by atoms with Crippen LogP contribution in [0.1, 0.15) is 5.56 Å². The Balaban J connectivity index is 1.93. The van der Waals surface area contributed by atoms with Crippen molar-refractivity contribution in [3.63, 3.8) is 0 Å². The van der Waals surface area contributed by atoms with Crippen LogP contribution in [0.4, 0.5) is 0 Å². The molecule has 0 unspecified atom stereocenters. The summed E-state index contributed by atoms with van der Waals surface area (Å²) in [5.41, 5.74) is 3.67. The number of furan rings is 1. The number of nitrogens with zero attached hydrogens (tertiary/aromatic N) is 1. The highest BCUT2D eigenvalue weighted by Crippen LogP contribution is 2.40. The molecule has 88 valence electrons. The third kappa shape index (κ3) is 1.23. The third-order valence-corrected chi connectivity index (χ3v) is 3.09. The van der Waals surface area contributed by atoms with Gasteiger partial charge >= 0.3 is 0 Å². The van der Waals surface area contributed by atoms with Gasteiger partial charge in [-0.1, -0.05) is 17.3 Å². The maximum absolute atomic E-state index is 5.72. The molecule has 0 radical (unpaired) electrons. The molecule has 3 heterocycles. The van der Waals surface area contributed by atoms with Gasteiger partial charge in [0, 0.05) is 5.56 Å². The largest absolute Gasteiger partial charge is 0.488 e. The average Bonchev–Trinajstić information content (AvgIpc) is 3.07. The van der Waals surface area contributed by atoms with E-state index in [0.29, 0.717) is 12.4 Å². The standard InChI is InChI=1S/C14H9NO3/c1-2-4-12-10(3-1)13-11(8-17-12)14(18-15-13)9-5-6-16-7-9/h1-7H,8H2. The van der Waals surface area contributed by atoms with Gasteiger partial charge < -0.3 is 13.7 Å². The molecule has 3 aromatic rings. The highest BCUT2D eigenvalue weighted by atomic mass is 16.5. The lowest BCUT2D eigenvalue weighted by atomic mass is 10.0. The van der Waals surface area contributed by atoms with E-state index in [2.05, 4.69) is 5.16 Å². The summed E-state index contributed by atoms with van der Waals surface area (Å²) in [6, 6.07) is 9.67. The number of hydrogen-bond donors (Lipinski definition) is 0. The van der Waals surface area contributed by atoms with Crippen LogP contribution in [0.2, 0.25) is 0 Å². The molecular weight excluding hydrogens is 230 g/mol. The molecule has 4 rings (SSSR count). The normalized spacial score (nSPS) is 12.7. The highest BCUT2D eigenvalue weighted by molar-refractivity contribution is 5.77. The summed E-state index contributed by atoms with van der Waals surface area (Å²) < 4.78 is 16.2. The Kier molecular flexibility index (Phi) is 1.85. The van der Waals surface area contributed by atoms with E-state index in [1.165, 1.54) is 0 Å². The van der Waals surface area contributed by atoms with E-state index < -0.39 is 0 Å². The number of benzene rings is 1. The minimum Gasteiger partial charge on any atom is -0.488 e. The van der Waals surface area contributed by atoms with Crippen molar-refractivity contribution in [3.8, 4) is 28.3 Å². The van der Waals surface area contributed by atoms with E-state index in [4.69, 9.17) is 13.7 Å². The van der Waals surface area contributed by atoms with Gasteiger partial charge in [0.05, 0.1) is 17.4 Å². The fourth-order valence-corrected chi connectivity index (χ4v) is 2.21. The van der Waals surface area contributed by atoms with Gasteiger partial charge in [-0.25, -0.2) is 0 Å². The Morgan fingerprint density at radius 3 is 2.94 bits per heavy atom. The quantitative estimate of drug-likeness (QED) is 0.652. The second kappa shape index (κ2) is 3.50. The Labute approximate surface area is 103 Å². The monoisotopic (exact) mass is 239 g/mol. The summed E-state index contributed by atoms with van der Waals surface area (Å²) in [5, 5.41) is 4.16. The van der Waals surface area contributed by atoms with Gasteiger partial charge in [-0.05, 0) is 18.2 Å². The van der Waals surface area contributed by atoms with Gasteiger partial charge in [0.1, 0.15) is 24.3 Å². The van der Waals surface area contributed by atoms with Crippen LogP contribution >= 0.6 is 0 Å². The van der Waals surface area contributed by atoms with Gasteiger partial charge in [-0.3, -0.25) is 0 Å². The van der Waals surface area contributed by atoms with Crippen LogP contribution in [0.25, 0.3) is 22.6 Å². The van der Waals surface area contributed by atoms with E-state index >= 15 is 0 Å². The molecule has 0 N–H and O–H groups in total. The van der Waals surface area contributed by atoms with Crippen LogP contribution in [0, 0.1) is 0 Å². The molecule has 0 fully saturated rings. The number of fused-ring (bicyclic) bond motifs is 3. The molecule has 2 aromatic heterocycles. The summed E-state index contributed by atoms with van der Waals surface area (Å²) in [4.78, 5) is 0. The Morgan fingerprint density at radius 1 is 1.11 bits per heavy atom. The smallest absolute Gasteiger partial charge is 0.177 e. The van der Waals surface area contributed by atoms with Crippen LogP contribution in [0.3, 0.4) is 0 Å². The summed E-state index contributed by atoms with van der Waals surface area (Å²) in [7, 11) is 0. The Hall–Kier alpha value is -2.49. The van der Waals surface area contributed by atoms with Gasteiger partial charge in [-0.2, -0.15) is 0 Å². The minimum absolute atomic E-state index is 0.469. The lowest BCUT2D eigenvalue weighted by Gasteiger charge is -2.15. The molecule has 18 heavy (non-hydrogen) atoms. The summed E-state index contributed by atoms with van der Waals surface area (Å²) >= 11 is 0. The fourth-order valence-electron chi connectivity index (χ4n) is 2.21. The molecule has 4 nitrogen and oxygen atoms in total. The minimum atomic E-state index is 0.469. The predicted octanol–water partition coefficient (Wildman–Crippen LogP) is 3.49. The van der Waals surface area contributed by atoms with Crippen LogP contribution in [0.5, 0.6) is 5.75 Å². The first kappa shape index (κ1) is 9.53. The van der Waals surface area contributed by atoms with Gasteiger partial charge in [-0.15, -0.1) is 0 Å². The maximum atomic E-state index is 5.72. The molecule has 0 aliphatic carbocycles. The van der Waals surface area contributed by atoms with Crippen molar-refractivity contribution in [1.29, 1.82) is 0 Å².